The first-order valence-electron chi connectivity index (χ1n) is 4.76. The van der Waals surface area contributed by atoms with E-state index in [0.717, 1.165) is 19.3 Å². The lowest BCUT2D eigenvalue weighted by atomic mass is 10.1. The smallest absolute Gasteiger partial charge is 0.161 e. The van der Waals surface area contributed by atoms with Crippen LogP contribution in [0.3, 0.4) is 0 Å². The zero-order chi connectivity index (χ0) is 9.90. The molecule has 0 amide bonds. The minimum Gasteiger partial charge on any atom is -0.283 e. The summed E-state index contributed by atoms with van der Waals surface area (Å²) in [7, 11) is 0. The van der Waals surface area contributed by atoms with Gasteiger partial charge in [-0.15, -0.1) is 0 Å². The maximum atomic E-state index is 11.6. The van der Waals surface area contributed by atoms with Crippen LogP contribution in [0.5, 0.6) is 0 Å². The molecule has 0 bridgehead atoms. The molecule has 76 valence electrons. The fraction of sp³-hybridized carbons (Fsp3) is 0.800. The van der Waals surface area contributed by atoms with E-state index in [9.17, 15) is 4.21 Å². The van der Waals surface area contributed by atoms with Gasteiger partial charge in [0.1, 0.15) is 0 Å². The normalized spacial score (nSPS) is 25.9. The highest BCUT2D eigenvalue weighted by Gasteiger charge is 2.23. The van der Waals surface area contributed by atoms with Crippen molar-refractivity contribution >= 4 is 11.1 Å². The molecule has 0 heterocycles. The summed E-state index contributed by atoms with van der Waals surface area (Å²) < 4.78 is 16.8. The zero-order valence-corrected chi connectivity index (χ0v) is 9.39. The van der Waals surface area contributed by atoms with Crippen LogP contribution in [-0.2, 0) is 15.3 Å². The van der Waals surface area contributed by atoms with E-state index in [2.05, 4.69) is 6.08 Å². The zero-order valence-electron chi connectivity index (χ0n) is 8.58. The second kappa shape index (κ2) is 4.38. The predicted molar refractivity (Wildman–Crippen MR) is 55.8 cm³/mol. The van der Waals surface area contributed by atoms with Gasteiger partial charge >= 0.3 is 0 Å². The van der Waals surface area contributed by atoms with Crippen molar-refractivity contribution in [3.05, 3.63) is 12.2 Å². The molecule has 1 aliphatic rings. The molecule has 0 aromatic heterocycles. The highest BCUT2D eigenvalue weighted by molar-refractivity contribution is 7.81. The molecule has 0 aromatic carbocycles. The van der Waals surface area contributed by atoms with Crippen LogP contribution >= 0.6 is 0 Å². The average molecular weight is 202 g/mol. The van der Waals surface area contributed by atoms with E-state index >= 15 is 0 Å². The molecule has 0 saturated carbocycles. The third kappa shape index (κ3) is 3.61. The number of rotatable bonds is 2. The van der Waals surface area contributed by atoms with Gasteiger partial charge in [0.15, 0.2) is 11.1 Å². The van der Waals surface area contributed by atoms with Crippen LogP contribution in [0.1, 0.15) is 40.0 Å². The third-order valence-corrected chi connectivity index (χ3v) is 3.34. The molecule has 0 aliphatic heterocycles. The Morgan fingerprint density at radius 3 is 2.62 bits per heavy atom. The molecule has 0 fully saturated rings. The largest absolute Gasteiger partial charge is 0.283 e. The van der Waals surface area contributed by atoms with Gasteiger partial charge in [-0.25, -0.2) is 4.21 Å². The summed E-state index contributed by atoms with van der Waals surface area (Å²) in [5, 5.41) is 0. The number of allylic oxidation sites excluding steroid dienone is 1. The van der Waals surface area contributed by atoms with Gasteiger partial charge in [0.25, 0.3) is 0 Å². The standard InChI is InChI=1S/C10H18O2S/c1-10(2,3)13(11)12-9-7-5-4-6-8-9/h5,7,9H,4,6,8H2,1-3H3/t9-,13?/m1/s1. The SMILES string of the molecule is CC(C)(C)S(=O)O[C@@H]1C=CCCC1. The Balaban J connectivity index is 2.44. The van der Waals surface area contributed by atoms with E-state index in [1.807, 2.05) is 26.8 Å². The molecule has 0 saturated heterocycles. The first-order valence-corrected chi connectivity index (χ1v) is 5.83. The second-order valence-corrected chi connectivity index (χ2v) is 6.23. The molecule has 3 heteroatoms. The third-order valence-electron chi connectivity index (χ3n) is 1.92. The lowest BCUT2D eigenvalue weighted by Crippen LogP contribution is -2.27. The molecule has 1 aliphatic carbocycles. The van der Waals surface area contributed by atoms with Crippen molar-refractivity contribution in [3.63, 3.8) is 0 Å². The van der Waals surface area contributed by atoms with Crippen LogP contribution in [0.15, 0.2) is 12.2 Å². The maximum absolute atomic E-state index is 11.6. The molecule has 2 nitrogen and oxygen atoms in total. The summed E-state index contributed by atoms with van der Waals surface area (Å²) >= 11 is -1.19. The molecule has 1 rings (SSSR count). The van der Waals surface area contributed by atoms with Crippen molar-refractivity contribution in [2.24, 2.45) is 0 Å². The van der Waals surface area contributed by atoms with Crippen molar-refractivity contribution in [1.29, 1.82) is 0 Å². The van der Waals surface area contributed by atoms with Crippen LogP contribution in [-0.4, -0.2) is 15.1 Å². The van der Waals surface area contributed by atoms with E-state index in [1.54, 1.807) is 0 Å². The van der Waals surface area contributed by atoms with E-state index in [0.29, 0.717) is 0 Å². The van der Waals surface area contributed by atoms with Crippen molar-refractivity contribution in [3.8, 4) is 0 Å². The summed E-state index contributed by atoms with van der Waals surface area (Å²) in [6.45, 7) is 5.78. The quantitative estimate of drug-likeness (QED) is 0.643. The first kappa shape index (κ1) is 10.9. The summed E-state index contributed by atoms with van der Waals surface area (Å²) in [6, 6.07) is 0. The van der Waals surface area contributed by atoms with Crippen LogP contribution in [0.2, 0.25) is 0 Å². The van der Waals surface area contributed by atoms with Crippen LogP contribution < -0.4 is 0 Å². The molecular formula is C10H18O2S. The monoisotopic (exact) mass is 202 g/mol. The summed E-state index contributed by atoms with van der Waals surface area (Å²) in [5.41, 5.74) is 0. The van der Waals surface area contributed by atoms with E-state index in [-0.39, 0.29) is 10.9 Å². The van der Waals surface area contributed by atoms with Gasteiger partial charge in [0.05, 0.1) is 10.9 Å². The van der Waals surface area contributed by atoms with Gasteiger partial charge in [0.2, 0.25) is 0 Å². The lowest BCUT2D eigenvalue weighted by Gasteiger charge is -2.22. The van der Waals surface area contributed by atoms with Crippen molar-refractivity contribution in [1.82, 2.24) is 0 Å². The first-order chi connectivity index (χ1) is 6.00. The fourth-order valence-electron chi connectivity index (χ4n) is 1.12. The minimum atomic E-state index is -1.19. The van der Waals surface area contributed by atoms with Gasteiger partial charge in [-0.05, 0) is 40.0 Å². The number of hydrogen-bond acceptors (Lipinski definition) is 2. The highest BCUT2D eigenvalue weighted by Crippen LogP contribution is 2.19. The van der Waals surface area contributed by atoms with E-state index in [1.165, 1.54) is 0 Å². The topological polar surface area (TPSA) is 26.3 Å². The minimum absolute atomic E-state index is 0.0637. The maximum Gasteiger partial charge on any atom is 0.161 e. The fourth-order valence-corrected chi connectivity index (χ4v) is 1.79. The molecule has 13 heavy (non-hydrogen) atoms. The van der Waals surface area contributed by atoms with Crippen LogP contribution in [0.25, 0.3) is 0 Å². The molecule has 0 aromatic rings. The Hall–Kier alpha value is -0.150. The molecule has 0 radical (unpaired) electrons. The summed E-state index contributed by atoms with van der Waals surface area (Å²) in [5.74, 6) is 0. The van der Waals surface area contributed by atoms with E-state index < -0.39 is 11.1 Å². The Labute approximate surface area is 83.0 Å². The van der Waals surface area contributed by atoms with Gasteiger partial charge in [-0.3, -0.25) is 4.18 Å². The van der Waals surface area contributed by atoms with Crippen LogP contribution in [0, 0.1) is 0 Å². The Morgan fingerprint density at radius 2 is 2.15 bits per heavy atom. The molecule has 2 atom stereocenters. The van der Waals surface area contributed by atoms with E-state index in [4.69, 9.17) is 4.18 Å². The number of hydrogen-bond donors (Lipinski definition) is 0. The van der Waals surface area contributed by atoms with Crippen molar-refractivity contribution in [2.75, 3.05) is 0 Å². The molecule has 0 N–H and O–H groups in total. The molecule has 0 spiro atoms. The van der Waals surface area contributed by atoms with Gasteiger partial charge in [-0.1, -0.05) is 12.2 Å². The van der Waals surface area contributed by atoms with Gasteiger partial charge in [0, 0.05) is 0 Å². The Morgan fingerprint density at radius 1 is 1.46 bits per heavy atom. The second-order valence-electron chi connectivity index (χ2n) is 4.34. The lowest BCUT2D eigenvalue weighted by molar-refractivity contribution is 0.248. The average Bonchev–Trinajstić information content (AvgIpc) is 2.04. The van der Waals surface area contributed by atoms with Gasteiger partial charge in [-0.2, -0.15) is 0 Å². The highest BCUT2D eigenvalue weighted by atomic mass is 32.2. The van der Waals surface area contributed by atoms with Crippen molar-refractivity contribution < 1.29 is 8.39 Å². The Bertz CT molecular complexity index is 215. The predicted octanol–water partition coefficient (Wildman–Crippen LogP) is 2.57. The summed E-state index contributed by atoms with van der Waals surface area (Å²) in [6.07, 6.45) is 7.46. The van der Waals surface area contributed by atoms with Gasteiger partial charge < -0.3 is 0 Å². The molecular weight excluding hydrogens is 184 g/mol. The van der Waals surface area contributed by atoms with Crippen LogP contribution in [0.4, 0.5) is 0 Å². The Kier molecular flexibility index (Phi) is 3.68. The molecule has 1 unspecified atom stereocenters. The summed E-state index contributed by atoms with van der Waals surface area (Å²) in [4.78, 5) is 0. The van der Waals surface area contributed by atoms with Crippen molar-refractivity contribution in [2.45, 2.75) is 50.9 Å².